The van der Waals surface area contributed by atoms with Crippen LogP contribution in [0.25, 0.3) is 0 Å². The molecule has 2 aromatic carbocycles. The smallest absolute Gasteiger partial charge is 0.317 e. The van der Waals surface area contributed by atoms with E-state index in [2.05, 4.69) is 30.3 Å². The monoisotopic (exact) mass is 566 g/mol. The van der Waals surface area contributed by atoms with Crippen molar-refractivity contribution in [2.75, 3.05) is 32.8 Å². The minimum atomic E-state index is -0.487. The van der Waals surface area contributed by atoms with Gasteiger partial charge in [-0.15, -0.1) is 0 Å². The van der Waals surface area contributed by atoms with Crippen molar-refractivity contribution in [3.63, 3.8) is 0 Å². The summed E-state index contributed by atoms with van der Waals surface area (Å²) in [7, 11) is 0. The summed E-state index contributed by atoms with van der Waals surface area (Å²) >= 11 is 0. The zero-order valence-corrected chi connectivity index (χ0v) is 23.3. The predicted octanol–water partition coefficient (Wildman–Crippen LogP) is 2.52. The van der Waals surface area contributed by atoms with E-state index in [1.165, 1.54) is 12.8 Å². The first-order chi connectivity index (χ1) is 17.6. The van der Waals surface area contributed by atoms with E-state index in [0.717, 1.165) is 80.3 Å². The van der Waals surface area contributed by atoms with Crippen LogP contribution in [0.2, 0.25) is 0 Å². The molecule has 6 heteroatoms. The van der Waals surface area contributed by atoms with Crippen molar-refractivity contribution >= 4 is 5.97 Å². The summed E-state index contributed by atoms with van der Waals surface area (Å²) in [6, 6.07) is 20.2. The number of fused-ring (bicyclic) bond motifs is 3. The van der Waals surface area contributed by atoms with Crippen molar-refractivity contribution < 1.29 is 35.7 Å². The van der Waals surface area contributed by atoms with Crippen LogP contribution in [0.5, 0.6) is 0 Å². The predicted molar refractivity (Wildman–Crippen MR) is 139 cm³/mol. The third-order valence-corrected chi connectivity index (χ3v) is 9.04. The molecule has 5 nitrogen and oxygen atoms in total. The summed E-state index contributed by atoms with van der Waals surface area (Å²) in [6.07, 6.45) is 8.67. The number of ether oxygens (including phenoxy) is 2. The van der Waals surface area contributed by atoms with Gasteiger partial charge in [-0.2, -0.15) is 5.26 Å². The largest absolute Gasteiger partial charge is 1.00 e. The molecular formula is C31H39BrN2O3. The van der Waals surface area contributed by atoms with Crippen LogP contribution in [0, 0.1) is 17.2 Å². The number of quaternary nitrogens is 1. The SMILES string of the molecule is N#Cc1ccc(COCC[N+]23CCC(CC2)[C@@H](OC(=O)C2(c4ccccc4)CCCCCC2)C3)cc1.[Br-]. The zero-order chi connectivity index (χ0) is 24.8. The van der Waals surface area contributed by atoms with Gasteiger partial charge in [-0.25, -0.2) is 0 Å². The molecule has 4 fully saturated rings. The highest BCUT2D eigenvalue weighted by Crippen LogP contribution is 2.42. The van der Waals surface area contributed by atoms with E-state index in [1.807, 2.05) is 30.3 Å². The number of nitrogens with zero attached hydrogens (tertiary/aromatic N) is 2. The Hall–Kier alpha value is -2.20. The Bertz CT molecular complexity index is 1050. The van der Waals surface area contributed by atoms with Gasteiger partial charge < -0.3 is 30.9 Å². The van der Waals surface area contributed by atoms with Crippen LogP contribution >= 0.6 is 0 Å². The van der Waals surface area contributed by atoms with Gasteiger partial charge >= 0.3 is 5.97 Å². The Morgan fingerprint density at radius 1 is 0.973 bits per heavy atom. The standard InChI is InChI=1S/C31H39N2O3.BrH/c32-22-25-10-12-26(13-11-25)24-35-21-20-33-18-14-27(15-19-33)29(23-33)36-30(34)31(16-6-1-2-7-17-31)28-8-4-3-5-9-28;/h3-5,8-13,27,29H,1-2,6-7,14-21,23-24H2;1H/q+1;/p-1/t27?,29-,33?;/m0./s1. The number of nitriles is 1. The van der Waals surface area contributed by atoms with Gasteiger partial charge in [0.15, 0.2) is 6.10 Å². The molecule has 0 spiro atoms. The maximum atomic E-state index is 13.9. The Labute approximate surface area is 232 Å². The summed E-state index contributed by atoms with van der Waals surface area (Å²) in [5, 5.41) is 8.97. The lowest BCUT2D eigenvalue weighted by Crippen LogP contribution is -3.00. The van der Waals surface area contributed by atoms with Crippen LogP contribution in [-0.4, -0.2) is 49.3 Å². The zero-order valence-electron chi connectivity index (χ0n) is 21.7. The van der Waals surface area contributed by atoms with Gasteiger partial charge in [0.2, 0.25) is 0 Å². The molecule has 0 unspecified atom stereocenters. The van der Waals surface area contributed by atoms with Gasteiger partial charge in [-0.1, -0.05) is 68.1 Å². The lowest BCUT2D eigenvalue weighted by Gasteiger charge is -2.52. The van der Waals surface area contributed by atoms with Gasteiger partial charge in [0.25, 0.3) is 0 Å². The fourth-order valence-electron chi connectivity index (χ4n) is 6.74. The average molecular weight is 568 g/mol. The average Bonchev–Trinajstić information content (AvgIpc) is 3.20. The number of hydrogen-bond acceptors (Lipinski definition) is 4. The van der Waals surface area contributed by atoms with Crippen molar-refractivity contribution in [1.29, 1.82) is 5.26 Å². The number of carbonyl (C=O) groups is 1. The van der Waals surface area contributed by atoms with Crippen molar-refractivity contribution in [3.05, 3.63) is 71.3 Å². The molecular weight excluding hydrogens is 528 g/mol. The number of benzene rings is 2. The van der Waals surface area contributed by atoms with Crippen LogP contribution in [0.3, 0.4) is 0 Å². The Morgan fingerprint density at radius 3 is 2.30 bits per heavy atom. The van der Waals surface area contributed by atoms with Crippen LogP contribution in [-0.2, 0) is 26.3 Å². The molecule has 1 aliphatic carbocycles. The third kappa shape index (κ3) is 6.28. The molecule has 0 radical (unpaired) electrons. The fourth-order valence-corrected chi connectivity index (χ4v) is 6.74. The van der Waals surface area contributed by atoms with Crippen LogP contribution < -0.4 is 17.0 Å². The molecule has 198 valence electrons. The molecule has 3 saturated heterocycles. The fraction of sp³-hybridized carbons (Fsp3) is 0.548. The maximum absolute atomic E-state index is 13.9. The topological polar surface area (TPSA) is 59.3 Å². The van der Waals surface area contributed by atoms with Gasteiger partial charge in [-0.3, -0.25) is 4.79 Å². The second-order valence-electron chi connectivity index (χ2n) is 11.2. The van der Waals surface area contributed by atoms with Gasteiger partial charge in [0.05, 0.1) is 43.4 Å². The first-order valence-electron chi connectivity index (χ1n) is 13.8. The summed E-state index contributed by atoms with van der Waals surface area (Å²) in [5.41, 5.74) is 2.41. The van der Waals surface area contributed by atoms with E-state index in [0.29, 0.717) is 24.7 Å². The lowest BCUT2D eigenvalue weighted by atomic mass is 9.74. The number of halogens is 1. The first kappa shape index (κ1) is 27.8. The summed E-state index contributed by atoms with van der Waals surface area (Å²) < 4.78 is 13.5. The van der Waals surface area contributed by atoms with E-state index in [1.54, 1.807) is 0 Å². The minimum Gasteiger partial charge on any atom is -1.00 e. The Kier molecular flexibility index (Phi) is 9.45. The molecule has 2 bridgehead atoms. The number of piperidine rings is 3. The van der Waals surface area contributed by atoms with Crippen molar-refractivity contribution in [2.45, 2.75) is 69.5 Å². The normalized spacial score (nSPS) is 26.4. The molecule has 0 N–H and O–H groups in total. The second-order valence-corrected chi connectivity index (χ2v) is 11.2. The number of rotatable bonds is 8. The number of carbonyl (C=O) groups excluding carboxylic acids is 1. The highest BCUT2D eigenvalue weighted by Gasteiger charge is 2.50. The lowest BCUT2D eigenvalue weighted by molar-refractivity contribution is -0.946. The Balaban J connectivity index is 0.00000320. The van der Waals surface area contributed by atoms with E-state index in [-0.39, 0.29) is 29.1 Å². The highest BCUT2D eigenvalue weighted by molar-refractivity contribution is 5.83. The molecule has 1 saturated carbocycles. The molecule has 4 aliphatic rings. The van der Waals surface area contributed by atoms with E-state index in [4.69, 9.17) is 14.7 Å². The highest BCUT2D eigenvalue weighted by atomic mass is 79.9. The van der Waals surface area contributed by atoms with Crippen molar-refractivity contribution in [2.24, 2.45) is 5.92 Å². The van der Waals surface area contributed by atoms with Crippen molar-refractivity contribution in [1.82, 2.24) is 0 Å². The minimum absolute atomic E-state index is 0. The van der Waals surface area contributed by atoms with Crippen molar-refractivity contribution in [3.8, 4) is 6.07 Å². The molecule has 3 heterocycles. The maximum Gasteiger partial charge on any atom is 0.317 e. The molecule has 0 aromatic heterocycles. The quantitative estimate of drug-likeness (QED) is 0.213. The number of hydrogen-bond donors (Lipinski definition) is 0. The first-order valence-corrected chi connectivity index (χ1v) is 13.8. The van der Waals surface area contributed by atoms with Gasteiger partial charge in [0, 0.05) is 18.8 Å². The summed E-state index contributed by atoms with van der Waals surface area (Å²) in [5.74, 6) is 0.511. The van der Waals surface area contributed by atoms with E-state index >= 15 is 0 Å². The van der Waals surface area contributed by atoms with Gasteiger partial charge in [0.1, 0.15) is 13.1 Å². The molecule has 0 amide bonds. The van der Waals surface area contributed by atoms with E-state index < -0.39 is 5.41 Å². The number of esters is 1. The van der Waals surface area contributed by atoms with E-state index in [9.17, 15) is 4.79 Å². The molecule has 6 rings (SSSR count). The molecule has 3 aliphatic heterocycles. The third-order valence-electron chi connectivity index (χ3n) is 9.04. The summed E-state index contributed by atoms with van der Waals surface area (Å²) in [6.45, 7) is 5.44. The molecule has 2 aromatic rings. The Morgan fingerprint density at radius 2 is 1.65 bits per heavy atom. The van der Waals surface area contributed by atoms with Crippen LogP contribution in [0.4, 0.5) is 0 Å². The second kappa shape index (κ2) is 12.6. The summed E-state index contributed by atoms with van der Waals surface area (Å²) in [4.78, 5) is 13.9. The molecule has 37 heavy (non-hydrogen) atoms. The van der Waals surface area contributed by atoms with Gasteiger partial charge in [-0.05, 0) is 36.1 Å². The van der Waals surface area contributed by atoms with Crippen LogP contribution in [0.1, 0.15) is 68.1 Å². The van der Waals surface area contributed by atoms with Crippen LogP contribution in [0.15, 0.2) is 54.6 Å². The molecule has 1 atom stereocenters.